The summed E-state index contributed by atoms with van der Waals surface area (Å²) in [6, 6.07) is 9.24. The molecule has 10 heteroatoms. The van der Waals surface area contributed by atoms with E-state index in [9.17, 15) is 0 Å². The molecule has 1 fully saturated rings. The molecular formula is C24H28Cl2N4O3S. The van der Waals surface area contributed by atoms with Gasteiger partial charge >= 0.3 is 0 Å². The molecule has 0 N–H and O–H groups in total. The number of ether oxygens (including phenoxy) is 3. The number of piperazine rings is 1. The largest absolute Gasteiger partial charge is 0.492 e. The highest BCUT2D eigenvalue weighted by atomic mass is 35.5. The number of nitrogens with zero attached hydrogens (tertiary/aromatic N) is 4. The maximum absolute atomic E-state index is 6.40. The molecule has 3 aromatic rings. The van der Waals surface area contributed by atoms with E-state index in [0.717, 1.165) is 53.5 Å². The van der Waals surface area contributed by atoms with Crippen LogP contribution in [0.25, 0.3) is 10.9 Å². The highest BCUT2D eigenvalue weighted by Gasteiger charge is 2.17. The van der Waals surface area contributed by atoms with Crippen molar-refractivity contribution in [2.75, 3.05) is 66.7 Å². The molecule has 182 valence electrons. The Kier molecular flexibility index (Phi) is 9.10. The Morgan fingerprint density at radius 1 is 0.971 bits per heavy atom. The maximum Gasteiger partial charge on any atom is 0.135 e. The first-order valence-corrected chi connectivity index (χ1v) is 12.7. The third kappa shape index (κ3) is 6.65. The lowest BCUT2D eigenvalue weighted by Gasteiger charge is -2.32. The third-order valence-electron chi connectivity index (χ3n) is 5.56. The average molecular weight is 523 g/mol. The molecule has 1 saturated heterocycles. The second-order valence-corrected chi connectivity index (χ2v) is 9.88. The molecule has 2 heterocycles. The lowest BCUT2D eigenvalue weighted by Crippen LogP contribution is -2.45. The van der Waals surface area contributed by atoms with Gasteiger partial charge in [0.1, 0.15) is 36.1 Å². The van der Waals surface area contributed by atoms with Crippen molar-refractivity contribution < 1.29 is 14.2 Å². The smallest absolute Gasteiger partial charge is 0.135 e. The van der Waals surface area contributed by atoms with Crippen LogP contribution in [-0.2, 0) is 4.74 Å². The van der Waals surface area contributed by atoms with Gasteiger partial charge in [0, 0.05) is 61.9 Å². The zero-order valence-corrected chi connectivity index (χ0v) is 21.6. The molecule has 0 amide bonds. The highest BCUT2D eigenvalue weighted by molar-refractivity contribution is 7.99. The van der Waals surface area contributed by atoms with Crippen LogP contribution in [0.4, 0.5) is 0 Å². The summed E-state index contributed by atoms with van der Waals surface area (Å²) in [6.45, 7) is 6.64. The van der Waals surface area contributed by atoms with E-state index in [-0.39, 0.29) is 0 Å². The molecule has 0 unspecified atom stereocenters. The van der Waals surface area contributed by atoms with E-state index in [1.54, 1.807) is 19.5 Å². The van der Waals surface area contributed by atoms with Crippen LogP contribution in [0.2, 0.25) is 10.0 Å². The van der Waals surface area contributed by atoms with Gasteiger partial charge < -0.3 is 19.1 Å². The summed E-state index contributed by atoms with van der Waals surface area (Å²) < 4.78 is 17.3. The van der Waals surface area contributed by atoms with Gasteiger partial charge in [0.15, 0.2) is 0 Å². The summed E-state index contributed by atoms with van der Waals surface area (Å²) in [5, 5.41) is 2.70. The Labute approximate surface area is 214 Å². The number of benzene rings is 2. The molecular weight excluding hydrogens is 495 g/mol. The Morgan fingerprint density at radius 3 is 2.56 bits per heavy atom. The molecule has 1 aliphatic rings. The second-order valence-electron chi connectivity index (χ2n) is 8.01. The van der Waals surface area contributed by atoms with Crippen LogP contribution in [-0.4, -0.2) is 86.5 Å². The fourth-order valence-electron chi connectivity index (χ4n) is 3.64. The first-order chi connectivity index (χ1) is 16.5. The highest BCUT2D eigenvalue weighted by Crippen LogP contribution is 2.41. The number of likely N-dealkylation sites (N-methyl/N-ethyl adjacent to an activating group) is 1. The summed E-state index contributed by atoms with van der Waals surface area (Å²) in [5.74, 6) is 1.37. The predicted octanol–water partition coefficient (Wildman–Crippen LogP) is 4.74. The molecule has 0 radical (unpaired) electrons. The first kappa shape index (κ1) is 25.3. The van der Waals surface area contributed by atoms with Gasteiger partial charge in [-0.25, -0.2) is 9.97 Å². The minimum absolute atomic E-state index is 0.400. The van der Waals surface area contributed by atoms with Crippen molar-refractivity contribution in [1.82, 2.24) is 19.8 Å². The van der Waals surface area contributed by atoms with Crippen molar-refractivity contribution in [3.63, 3.8) is 0 Å². The fraction of sp³-hybridized carbons (Fsp3) is 0.417. The molecule has 0 aliphatic carbocycles. The summed E-state index contributed by atoms with van der Waals surface area (Å²) in [4.78, 5) is 14.6. The zero-order chi connectivity index (χ0) is 23.9. The van der Waals surface area contributed by atoms with Crippen molar-refractivity contribution in [3.05, 3.63) is 46.7 Å². The van der Waals surface area contributed by atoms with Gasteiger partial charge in [-0.05, 0) is 25.2 Å². The van der Waals surface area contributed by atoms with E-state index >= 15 is 0 Å². The number of halogens is 2. The Morgan fingerprint density at radius 2 is 1.79 bits per heavy atom. The van der Waals surface area contributed by atoms with Crippen LogP contribution in [0.1, 0.15) is 0 Å². The standard InChI is InChI=1S/C24H28Cl2N4O3S/c1-29-5-7-30(8-6-29)9-10-32-18-14-20-23(21(15-18)33-12-11-31-2)24(28-16-27-20)34-22-4-3-17(25)13-19(22)26/h3-4,13-16H,5-12H2,1-2H3. The molecule has 0 spiro atoms. The number of fused-ring (bicyclic) bond motifs is 1. The van der Waals surface area contributed by atoms with Gasteiger partial charge in [-0.1, -0.05) is 35.0 Å². The minimum Gasteiger partial charge on any atom is -0.492 e. The van der Waals surface area contributed by atoms with Crippen LogP contribution in [0.5, 0.6) is 11.5 Å². The Balaban J connectivity index is 1.56. The molecule has 7 nitrogen and oxygen atoms in total. The van der Waals surface area contributed by atoms with Crippen LogP contribution in [0.3, 0.4) is 0 Å². The van der Waals surface area contributed by atoms with E-state index in [0.29, 0.717) is 41.4 Å². The van der Waals surface area contributed by atoms with Crippen molar-refractivity contribution >= 4 is 45.9 Å². The lowest BCUT2D eigenvalue weighted by molar-refractivity contribution is 0.133. The van der Waals surface area contributed by atoms with Crippen molar-refractivity contribution in [3.8, 4) is 11.5 Å². The van der Waals surface area contributed by atoms with E-state index in [1.807, 2.05) is 24.3 Å². The van der Waals surface area contributed by atoms with Gasteiger partial charge in [0.25, 0.3) is 0 Å². The quantitative estimate of drug-likeness (QED) is 0.279. The summed E-state index contributed by atoms with van der Waals surface area (Å²) >= 11 is 13.9. The summed E-state index contributed by atoms with van der Waals surface area (Å²) in [6.07, 6.45) is 1.54. The number of hydrogen-bond acceptors (Lipinski definition) is 8. The number of methoxy groups -OCH3 is 1. The minimum atomic E-state index is 0.400. The molecule has 0 bridgehead atoms. The molecule has 2 aromatic carbocycles. The normalized spacial score (nSPS) is 15.1. The molecule has 4 rings (SSSR count). The fourth-order valence-corrected chi connectivity index (χ4v) is 5.07. The van der Waals surface area contributed by atoms with Crippen molar-refractivity contribution in [2.24, 2.45) is 0 Å². The Bertz CT molecular complexity index is 1110. The zero-order valence-electron chi connectivity index (χ0n) is 19.3. The van der Waals surface area contributed by atoms with Crippen molar-refractivity contribution in [1.29, 1.82) is 0 Å². The van der Waals surface area contributed by atoms with Gasteiger partial charge in [-0.2, -0.15) is 0 Å². The van der Waals surface area contributed by atoms with E-state index in [2.05, 4.69) is 26.8 Å². The van der Waals surface area contributed by atoms with Crippen molar-refractivity contribution in [2.45, 2.75) is 9.92 Å². The molecule has 0 saturated carbocycles. The molecule has 0 atom stereocenters. The molecule has 34 heavy (non-hydrogen) atoms. The average Bonchev–Trinajstić information content (AvgIpc) is 2.82. The monoisotopic (exact) mass is 522 g/mol. The SMILES string of the molecule is COCCOc1cc(OCCN2CCN(C)CC2)cc2ncnc(Sc3ccc(Cl)cc3Cl)c12. The Hall–Kier alpha value is -1.81. The number of rotatable bonds is 10. The van der Waals surface area contributed by atoms with E-state index < -0.39 is 0 Å². The second kappa shape index (κ2) is 12.2. The molecule has 1 aliphatic heterocycles. The van der Waals surface area contributed by atoms with Crippen LogP contribution >= 0.6 is 35.0 Å². The first-order valence-electron chi connectivity index (χ1n) is 11.1. The van der Waals surface area contributed by atoms with Gasteiger partial charge in [-0.3, -0.25) is 4.90 Å². The van der Waals surface area contributed by atoms with Crippen LogP contribution in [0, 0.1) is 0 Å². The van der Waals surface area contributed by atoms with E-state index in [1.165, 1.54) is 11.8 Å². The van der Waals surface area contributed by atoms with Gasteiger partial charge in [0.05, 0.1) is 22.5 Å². The number of hydrogen-bond donors (Lipinski definition) is 0. The predicted molar refractivity (Wildman–Crippen MR) is 137 cm³/mol. The van der Waals surface area contributed by atoms with Crippen LogP contribution < -0.4 is 9.47 Å². The topological polar surface area (TPSA) is 60.0 Å². The van der Waals surface area contributed by atoms with Gasteiger partial charge in [-0.15, -0.1) is 0 Å². The van der Waals surface area contributed by atoms with Crippen LogP contribution in [0.15, 0.2) is 46.6 Å². The number of aromatic nitrogens is 2. The maximum atomic E-state index is 6.40. The van der Waals surface area contributed by atoms with Gasteiger partial charge in [0.2, 0.25) is 0 Å². The molecule has 1 aromatic heterocycles. The summed E-state index contributed by atoms with van der Waals surface area (Å²) in [7, 11) is 3.80. The third-order valence-corrected chi connectivity index (χ3v) is 7.30. The van der Waals surface area contributed by atoms with E-state index in [4.69, 9.17) is 37.4 Å². The lowest BCUT2D eigenvalue weighted by atomic mass is 10.2. The summed E-state index contributed by atoms with van der Waals surface area (Å²) in [5.41, 5.74) is 0.743.